The van der Waals surface area contributed by atoms with E-state index in [1.165, 1.54) is 0 Å². The van der Waals surface area contributed by atoms with Crippen LogP contribution >= 0.6 is 24.0 Å². The summed E-state index contributed by atoms with van der Waals surface area (Å²) in [5.41, 5.74) is 1.04. The largest absolute Gasteiger partial charge is 0.497 e. The molecule has 10 heteroatoms. The summed E-state index contributed by atoms with van der Waals surface area (Å²) in [6, 6.07) is 14.5. The summed E-state index contributed by atoms with van der Waals surface area (Å²) in [4.78, 5) is 6.83. The Morgan fingerprint density at radius 1 is 1.12 bits per heavy atom. The molecule has 2 aromatic rings. The summed E-state index contributed by atoms with van der Waals surface area (Å²) in [7, 11) is 1.63. The second-order valence-electron chi connectivity index (χ2n) is 7.28. The van der Waals surface area contributed by atoms with Gasteiger partial charge in [-0.05, 0) is 18.6 Å². The first kappa shape index (κ1) is 26.0. The Morgan fingerprint density at radius 3 is 2.38 bits per heavy atom. The fraction of sp³-hybridized carbons (Fsp3) is 0.409. The van der Waals surface area contributed by atoms with Crippen molar-refractivity contribution >= 4 is 45.5 Å². The molecule has 3 rings (SSSR count). The third-order valence-electron chi connectivity index (χ3n) is 5.22. The third kappa shape index (κ3) is 6.89. The van der Waals surface area contributed by atoms with E-state index in [0.29, 0.717) is 10.9 Å². The van der Waals surface area contributed by atoms with Crippen molar-refractivity contribution in [3.63, 3.8) is 0 Å². The van der Waals surface area contributed by atoms with Crippen LogP contribution in [0.4, 0.5) is 5.69 Å². The van der Waals surface area contributed by atoms with Gasteiger partial charge in [0, 0.05) is 56.6 Å². The zero-order chi connectivity index (χ0) is 22.3. The van der Waals surface area contributed by atoms with Crippen molar-refractivity contribution in [2.75, 3.05) is 51.6 Å². The molecule has 1 aliphatic rings. The number of hydrogen-bond donors (Lipinski definition) is 2. The van der Waals surface area contributed by atoms with E-state index in [1.807, 2.05) is 18.2 Å². The Labute approximate surface area is 207 Å². The second-order valence-corrected chi connectivity index (χ2v) is 9.39. The van der Waals surface area contributed by atoms with Gasteiger partial charge in [-0.15, -0.1) is 24.0 Å². The molecule has 1 unspecified atom stereocenters. The van der Waals surface area contributed by atoms with Crippen molar-refractivity contribution in [2.24, 2.45) is 4.99 Å². The highest BCUT2D eigenvalue weighted by molar-refractivity contribution is 14.0. The Bertz CT molecular complexity index is 980. The van der Waals surface area contributed by atoms with Crippen LogP contribution in [-0.4, -0.2) is 67.1 Å². The van der Waals surface area contributed by atoms with Crippen LogP contribution < -0.4 is 25.0 Å². The maximum atomic E-state index is 12.4. The number of benzene rings is 2. The van der Waals surface area contributed by atoms with Crippen molar-refractivity contribution < 1.29 is 17.9 Å². The van der Waals surface area contributed by atoms with Crippen molar-refractivity contribution in [1.82, 2.24) is 10.6 Å². The highest BCUT2D eigenvalue weighted by Gasteiger charge is 2.24. The molecule has 0 saturated carbocycles. The molecule has 2 N–H and O–H groups in total. The maximum Gasteiger partial charge on any atom is 0.191 e. The molecule has 2 aromatic carbocycles. The van der Waals surface area contributed by atoms with Crippen LogP contribution in [0, 0.1) is 0 Å². The fourth-order valence-electron chi connectivity index (χ4n) is 3.53. The van der Waals surface area contributed by atoms with Crippen LogP contribution in [0.15, 0.2) is 58.4 Å². The highest BCUT2D eigenvalue weighted by atomic mass is 127. The van der Waals surface area contributed by atoms with Gasteiger partial charge in [-0.2, -0.15) is 0 Å². The van der Waals surface area contributed by atoms with Crippen molar-refractivity contribution in [3.8, 4) is 11.5 Å². The average molecular weight is 574 g/mol. The first-order valence-corrected chi connectivity index (χ1v) is 11.8. The molecule has 0 bridgehead atoms. The lowest BCUT2D eigenvalue weighted by Gasteiger charge is -2.21. The zero-order valence-corrected chi connectivity index (χ0v) is 21.7. The van der Waals surface area contributed by atoms with Crippen LogP contribution in [0.3, 0.4) is 0 Å². The lowest BCUT2D eigenvalue weighted by atomic mass is 10.2. The minimum Gasteiger partial charge on any atom is -0.497 e. The number of nitrogens with one attached hydrogen (secondary N) is 2. The average Bonchev–Trinajstić information content (AvgIpc) is 3.27. The van der Waals surface area contributed by atoms with Gasteiger partial charge in [0.1, 0.15) is 11.5 Å². The van der Waals surface area contributed by atoms with Crippen molar-refractivity contribution in [3.05, 3.63) is 48.5 Å². The van der Waals surface area contributed by atoms with E-state index in [1.54, 1.807) is 51.6 Å². The molecule has 0 radical (unpaired) electrons. The van der Waals surface area contributed by atoms with Crippen LogP contribution in [0.25, 0.3) is 0 Å². The summed E-state index contributed by atoms with van der Waals surface area (Å²) in [6.07, 6.45) is 0.933. The van der Waals surface area contributed by atoms with E-state index in [2.05, 4.69) is 20.5 Å². The minimum absolute atomic E-state index is 0. The molecule has 1 aliphatic heterocycles. The Hall–Kier alpha value is -2.21. The minimum atomic E-state index is -3.33. The van der Waals surface area contributed by atoms with E-state index in [0.717, 1.165) is 36.7 Å². The molecule has 0 spiro atoms. The number of nitrogens with zero attached hydrogens (tertiary/aromatic N) is 2. The first-order valence-electron chi connectivity index (χ1n) is 10.2. The number of anilines is 1. The van der Waals surface area contributed by atoms with Gasteiger partial charge < -0.3 is 25.0 Å². The number of sulfone groups is 1. The zero-order valence-electron chi connectivity index (χ0n) is 18.6. The smallest absolute Gasteiger partial charge is 0.191 e. The number of aliphatic imine (C=N–C) groups is 1. The fourth-order valence-corrected chi connectivity index (χ4v) is 4.70. The summed E-state index contributed by atoms with van der Waals surface area (Å²) in [5, 5.41) is 6.50. The molecule has 0 aromatic heterocycles. The highest BCUT2D eigenvalue weighted by Crippen LogP contribution is 2.30. The van der Waals surface area contributed by atoms with Crippen LogP contribution in [-0.2, 0) is 9.84 Å². The number of halogens is 1. The quantitative estimate of drug-likeness (QED) is 0.285. The molecule has 1 saturated heterocycles. The SMILES string of the molecule is CN=C(NCCS(=O)(=O)c1ccccc1)NC1CCN(c2cc(OC)cc(OC)c2)C1.I. The van der Waals surface area contributed by atoms with Crippen molar-refractivity contribution in [1.29, 1.82) is 0 Å². The van der Waals surface area contributed by atoms with E-state index < -0.39 is 9.84 Å². The number of rotatable bonds is 8. The van der Waals surface area contributed by atoms with Gasteiger partial charge >= 0.3 is 0 Å². The molecule has 1 heterocycles. The molecule has 1 atom stereocenters. The monoisotopic (exact) mass is 574 g/mol. The van der Waals surface area contributed by atoms with Crippen molar-refractivity contribution in [2.45, 2.75) is 17.4 Å². The van der Waals surface area contributed by atoms with E-state index >= 15 is 0 Å². The van der Waals surface area contributed by atoms with Gasteiger partial charge in [0.05, 0.1) is 24.9 Å². The summed E-state index contributed by atoms with van der Waals surface area (Å²) >= 11 is 0. The molecular weight excluding hydrogens is 543 g/mol. The predicted molar refractivity (Wildman–Crippen MR) is 139 cm³/mol. The molecular formula is C22H31IN4O4S. The summed E-state index contributed by atoms with van der Waals surface area (Å²) < 4.78 is 35.6. The standard InChI is InChI=1S/C22H30N4O4S.HI/c1-23-22(24-10-12-31(27,28)21-7-5-4-6-8-21)25-17-9-11-26(16-17)18-13-19(29-2)15-20(14-18)30-3;/h4-8,13-15,17H,9-12,16H2,1-3H3,(H2,23,24,25);1H. The Morgan fingerprint density at radius 2 is 1.78 bits per heavy atom. The van der Waals surface area contributed by atoms with E-state index in [4.69, 9.17) is 9.47 Å². The number of hydrogen-bond acceptors (Lipinski definition) is 6. The molecule has 176 valence electrons. The van der Waals surface area contributed by atoms with Crippen LogP contribution in [0.1, 0.15) is 6.42 Å². The second kappa shape index (κ2) is 12.1. The predicted octanol–water partition coefficient (Wildman–Crippen LogP) is 2.54. The van der Waals surface area contributed by atoms with Gasteiger partial charge in [-0.25, -0.2) is 8.42 Å². The van der Waals surface area contributed by atoms with Crippen LogP contribution in [0.5, 0.6) is 11.5 Å². The molecule has 0 aliphatic carbocycles. The number of methoxy groups -OCH3 is 2. The molecule has 32 heavy (non-hydrogen) atoms. The normalized spacial score (nSPS) is 16.3. The van der Waals surface area contributed by atoms with Gasteiger partial charge in [0.15, 0.2) is 15.8 Å². The molecule has 0 amide bonds. The Kier molecular flexibility index (Phi) is 9.88. The van der Waals surface area contributed by atoms with Crippen LogP contribution in [0.2, 0.25) is 0 Å². The van der Waals surface area contributed by atoms with E-state index in [9.17, 15) is 8.42 Å². The molecule has 1 fully saturated rings. The number of ether oxygens (including phenoxy) is 2. The lowest BCUT2D eigenvalue weighted by molar-refractivity contribution is 0.394. The van der Waals surface area contributed by atoms with Gasteiger partial charge in [0.2, 0.25) is 0 Å². The third-order valence-corrected chi connectivity index (χ3v) is 6.95. The van der Waals surface area contributed by atoms with E-state index in [-0.39, 0.29) is 42.3 Å². The maximum absolute atomic E-state index is 12.4. The number of guanidine groups is 1. The topological polar surface area (TPSA) is 92.3 Å². The molecule has 8 nitrogen and oxygen atoms in total. The van der Waals surface area contributed by atoms with Gasteiger partial charge in [-0.3, -0.25) is 4.99 Å². The summed E-state index contributed by atoms with van der Waals surface area (Å²) in [5.74, 6) is 2.10. The summed E-state index contributed by atoms with van der Waals surface area (Å²) in [6.45, 7) is 1.95. The Balaban J connectivity index is 0.00000363. The van der Waals surface area contributed by atoms with Gasteiger partial charge in [-0.1, -0.05) is 18.2 Å². The first-order chi connectivity index (χ1) is 14.9. The van der Waals surface area contributed by atoms with Gasteiger partial charge in [0.25, 0.3) is 0 Å². The lowest BCUT2D eigenvalue weighted by Crippen LogP contribution is -2.45.